The Balaban J connectivity index is 1.91. The van der Waals surface area contributed by atoms with E-state index in [1.165, 1.54) is 25.7 Å². The Morgan fingerprint density at radius 2 is 2.00 bits per heavy atom. The van der Waals surface area contributed by atoms with Crippen LogP contribution in [0.25, 0.3) is 0 Å². The van der Waals surface area contributed by atoms with Gasteiger partial charge in [-0.2, -0.15) is 5.06 Å². The van der Waals surface area contributed by atoms with Gasteiger partial charge in [-0.25, -0.2) is 0 Å². The molecule has 1 saturated carbocycles. The van der Waals surface area contributed by atoms with E-state index >= 15 is 0 Å². The van der Waals surface area contributed by atoms with Crippen molar-refractivity contribution in [3.63, 3.8) is 0 Å². The standard InChI is InChI=1S/C10H17NO/c1-9(2)4-3-8-10(5-6-10)7-12-11(8)9/h8H,3-7H2,1-2H3. The first-order chi connectivity index (χ1) is 5.64. The highest BCUT2D eigenvalue weighted by Gasteiger charge is 2.61. The maximum Gasteiger partial charge on any atom is 0.0757 e. The Labute approximate surface area is 73.8 Å². The van der Waals surface area contributed by atoms with Crippen LogP contribution in [-0.2, 0) is 4.84 Å². The molecule has 12 heavy (non-hydrogen) atoms. The summed E-state index contributed by atoms with van der Waals surface area (Å²) in [7, 11) is 0. The maximum atomic E-state index is 5.80. The molecule has 3 fully saturated rings. The zero-order valence-corrected chi connectivity index (χ0v) is 7.97. The van der Waals surface area contributed by atoms with E-state index in [1.807, 2.05) is 0 Å². The molecule has 1 unspecified atom stereocenters. The van der Waals surface area contributed by atoms with Gasteiger partial charge >= 0.3 is 0 Å². The van der Waals surface area contributed by atoms with Crippen LogP contribution in [-0.4, -0.2) is 23.3 Å². The second-order valence-electron chi connectivity index (χ2n) is 5.33. The maximum absolute atomic E-state index is 5.80. The van der Waals surface area contributed by atoms with Gasteiger partial charge in [0.25, 0.3) is 0 Å². The fourth-order valence-electron chi connectivity index (χ4n) is 2.89. The molecule has 1 atom stereocenters. The predicted molar refractivity (Wildman–Crippen MR) is 46.6 cm³/mol. The Morgan fingerprint density at radius 3 is 2.67 bits per heavy atom. The molecule has 2 heteroatoms. The van der Waals surface area contributed by atoms with Gasteiger partial charge in [0.05, 0.1) is 6.61 Å². The molecule has 0 bridgehead atoms. The van der Waals surface area contributed by atoms with E-state index in [2.05, 4.69) is 18.9 Å². The highest BCUT2D eigenvalue weighted by molar-refractivity contribution is 5.10. The lowest BCUT2D eigenvalue weighted by molar-refractivity contribution is -0.170. The van der Waals surface area contributed by atoms with Gasteiger partial charge in [0.1, 0.15) is 0 Å². The quantitative estimate of drug-likeness (QED) is 0.547. The van der Waals surface area contributed by atoms with Crippen molar-refractivity contribution in [2.75, 3.05) is 6.61 Å². The van der Waals surface area contributed by atoms with Crippen molar-refractivity contribution >= 4 is 0 Å². The first-order valence-corrected chi connectivity index (χ1v) is 5.06. The number of hydrogen-bond acceptors (Lipinski definition) is 2. The van der Waals surface area contributed by atoms with Gasteiger partial charge in [-0.15, -0.1) is 0 Å². The molecule has 0 aromatic rings. The third kappa shape index (κ3) is 0.728. The topological polar surface area (TPSA) is 12.5 Å². The summed E-state index contributed by atoms with van der Waals surface area (Å²) in [5.74, 6) is 0. The highest BCUT2D eigenvalue weighted by atomic mass is 16.7. The van der Waals surface area contributed by atoms with Crippen molar-refractivity contribution in [2.24, 2.45) is 5.41 Å². The molecule has 2 nitrogen and oxygen atoms in total. The van der Waals surface area contributed by atoms with Crippen LogP contribution < -0.4 is 0 Å². The molecule has 1 spiro atoms. The largest absolute Gasteiger partial charge is 0.298 e. The van der Waals surface area contributed by atoms with Crippen LogP contribution in [0, 0.1) is 5.41 Å². The fraction of sp³-hybridized carbons (Fsp3) is 1.00. The average molecular weight is 167 g/mol. The molecule has 2 heterocycles. The number of fused-ring (bicyclic) bond motifs is 2. The SMILES string of the molecule is CC1(C)CCC2N1OCC21CC1. The van der Waals surface area contributed by atoms with Crippen molar-refractivity contribution in [3.05, 3.63) is 0 Å². The van der Waals surface area contributed by atoms with Gasteiger partial charge < -0.3 is 0 Å². The Morgan fingerprint density at radius 1 is 1.25 bits per heavy atom. The minimum atomic E-state index is 0.302. The van der Waals surface area contributed by atoms with E-state index in [0.717, 1.165) is 12.6 Å². The molecule has 0 radical (unpaired) electrons. The van der Waals surface area contributed by atoms with Crippen LogP contribution >= 0.6 is 0 Å². The minimum absolute atomic E-state index is 0.302. The lowest BCUT2D eigenvalue weighted by atomic mass is 9.96. The molecule has 68 valence electrons. The molecular weight excluding hydrogens is 150 g/mol. The number of hydroxylamine groups is 2. The molecule has 0 aromatic heterocycles. The van der Waals surface area contributed by atoms with Gasteiger partial charge in [0.15, 0.2) is 0 Å². The highest BCUT2D eigenvalue weighted by Crippen LogP contribution is 2.59. The summed E-state index contributed by atoms with van der Waals surface area (Å²) in [6.07, 6.45) is 5.47. The first-order valence-electron chi connectivity index (χ1n) is 5.06. The molecular formula is C10H17NO. The van der Waals surface area contributed by atoms with Gasteiger partial charge in [0.2, 0.25) is 0 Å². The van der Waals surface area contributed by atoms with E-state index in [1.54, 1.807) is 0 Å². The van der Waals surface area contributed by atoms with Crippen molar-refractivity contribution < 1.29 is 4.84 Å². The molecule has 3 aliphatic rings. The van der Waals surface area contributed by atoms with E-state index in [0.29, 0.717) is 11.0 Å². The first kappa shape index (κ1) is 7.34. The lowest BCUT2D eigenvalue weighted by Gasteiger charge is -2.29. The number of rotatable bonds is 0. The predicted octanol–water partition coefficient (Wildman–Crippen LogP) is 1.95. The fourth-order valence-corrected chi connectivity index (χ4v) is 2.89. The van der Waals surface area contributed by atoms with Gasteiger partial charge in [-0.1, -0.05) is 0 Å². The Bertz CT molecular complexity index is 208. The summed E-state index contributed by atoms with van der Waals surface area (Å²) >= 11 is 0. The van der Waals surface area contributed by atoms with Crippen molar-refractivity contribution in [1.29, 1.82) is 0 Å². The van der Waals surface area contributed by atoms with Gasteiger partial charge in [0, 0.05) is 17.0 Å². The summed E-state index contributed by atoms with van der Waals surface area (Å²) < 4.78 is 0. The molecule has 2 aliphatic heterocycles. The molecule has 1 aliphatic carbocycles. The van der Waals surface area contributed by atoms with E-state index in [9.17, 15) is 0 Å². The Hall–Kier alpha value is -0.0800. The van der Waals surface area contributed by atoms with E-state index in [4.69, 9.17) is 4.84 Å². The molecule has 3 rings (SSSR count). The van der Waals surface area contributed by atoms with Gasteiger partial charge in [-0.05, 0) is 39.5 Å². The minimum Gasteiger partial charge on any atom is -0.298 e. The van der Waals surface area contributed by atoms with Crippen molar-refractivity contribution in [3.8, 4) is 0 Å². The summed E-state index contributed by atoms with van der Waals surface area (Å²) in [5, 5.41) is 2.29. The van der Waals surface area contributed by atoms with Crippen molar-refractivity contribution in [2.45, 2.75) is 51.1 Å². The number of hydrogen-bond donors (Lipinski definition) is 0. The molecule has 0 amide bonds. The van der Waals surface area contributed by atoms with Crippen LogP contribution in [0.2, 0.25) is 0 Å². The van der Waals surface area contributed by atoms with Gasteiger partial charge in [-0.3, -0.25) is 4.84 Å². The smallest absolute Gasteiger partial charge is 0.0757 e. The van der Waals surface area contributed by atoms with Crippen molar-refractivity contribution in [1.82, 2.24) is 5.06 Å². The summed E-state index contributed by atoms with van der Waals surface area (Å²) in [5.41, 5.74) is 0.907. The molecule has 0 aromatic carbocycles. The zero-order chi connectivity index (χ0) is 8.40. The summed E-state index contributed by atoms with van der Waals surface area (Å²) in [6.45, 7) is 5.60. The molecule has 0 N–H and O–H groups in total. The van der Waals surface area contributed by atoms with Crippen LogP contribution in [0.4, 0.5) is 0 Å². The second kappa shape index (κ2) is 1.88. The third-order valence-corrected chi connectivity index (χ3v) is 4.00. The lowest BCUT2D eigenvalue weighted by Crippen LogP contribution is -2.39. The van der Waals surface area contributed by atoms with Crippen LogP contribution in [0.5, 0.6) is 0 Å². The monoisotopic (exact) mass is 167 g/mol. The normalized spacial score (nSPS) is 42.0. The molecule has 2 saturated heterocycles. The number of nitrogens with zero attached hydrogens (tertiary/aromatic N) is 1. The Kier molecular flexibility index (Phi) is 1.15. The second-order valence-corrected chi connectivity index (χ2v) is 5.33. The van der Waals surface area contributed by atoms with Crippen LogP contribution in [0.1, 0.15) is 39.5 Å². The summed E-state index contributed by atoms with van der Waals surface area (Å²) in [4.78, 5) is 5.80. The van der Waals surface area contributed by atoms with Crippen LogP contribution in [0.3, 0.4) is 0 Å². The van der Waals surface area contributed by atoms with E-state index < -0.39 is 0 Å². The van der Waals surface area contributed by atoms with Crippen LogP contribution in [0.15, 0.2) is 0 Å². The summed E-state index contributed by atoms with van der Waals surface area (Å²) in [6, 6.07) is 0.757. The van der Waals surface area contributed by atoms with E-state index in [-0.39, 0.29) is 0 Å². The zero-order valence-electron chi connectivity index (χ0n) is 7.97. The average Bonchev–Trinajstić information content (AvgIpc) is 2.55. The third-order valence-electron chi connectivity index (χ3n) is 4.00.